The number of halogens is 1. The van der Waals surface area contributed by atoms with E-state index in [1.54, 1.807) is 6.20 Å². The third-order valence-corrected chi connectivity index (χ3v) is 5.39. The number of hydrogen-bond donors (Lipinski definition) is 2. The lowest BCUT2D eigenvalue weighted by atomic mass is 9.91. The molecule has 0 fully saturated rings. The minimum atomic E-state index is -0.0430. The molecule has 0 radical (unpaired) electrons. The highest BCUT2D eigenvalue weighted by Crippen LogP contribution is 2.46. The molecule has 0 aliphatic carbocycles. The Labute approximate surface area is 134 Å². The van der Waals surface area contributed by atoms with Crippen molar-refractivity contribution in [3.05, 3.63) is 46.7 Å². The molecule has 4 nitrogen and oxygen atoms in total. The van der Waals surface area contributed by atoms with Crippen molar-refractivity contribution in [2.24, 2.45) is 5.84 Å². The fourth-order valence-corrected chi connectivity index (χ4v) is 4.44. The Bertz CT molecular complexity index is 640. The fourth-order valence-electron chi connectivity index (χ4n) is 2.90. The zero-order valence-corrected chi connectivity index (χ0v) is 13.7. The third-order valence-electron chi connectivity index (χ3n) is 3.89. The van der Waals surface area contributed by atoms with Crippen LogP contribution in [0.1, 0.15) is 43.1 Å². The number of rotatable bonds is 4. The molecule has 1 aliphatic heterocycles. The first-order valence-electron chi connectivity index (χ1n) is 7.04. The largest absolute Gasteiger partial charge is 0.271 e. The second-order valence-corrected chi connectivity index (χ2v) is 6.98. The van der Waals surface area contributed by atoms with E-state index in [-0.39, 0.29) is 12.1 Å². The van der Waals surface area contributed by atoms with E-state index in [0.717, 1.165) is 11.4 Å². The van der Waals surface area contributed by atoms with Crippen molar-refractivity contribution in [1.29, 1.82) is 0 Å². The van der Waals surface area contributed by atoms with Gasteiger partial charge in [0.05, 0.1) is 23.0 Å². The molecule has 0 spiro atoms. The molecular formula is C15H19ClN4S. The normalized spacial score (nSPS) is 19.0. The second kappa shape index (κ2) is 6.01. The molecule has 3 N–H and O–H groups in total. The minimum absolute atomic E-state index is 0.0430. The van der Waals surface area contributed by atoms with Gasteiger partial charge in [-0.1, -0.05) is 29.8 Å². The van der Waals surface area contributed by atoms with Crippen molar-refractivity contribution in [3.63, 3.8) is 0 Å². The van der Waals surface area contributed by atoms with Crippen LogP contribution in [0.4, 0.5) is 0 Å². The minimum Gasteiger partial charge on any atom is -0.271 e. The highest BCUT2D eigenvalue weighted by molar-refractivity contribution is 7.99. The Morgan fingerprint density at radius 1 is 1.43 bits per heavy atom. The van der Waals surface area contributed by atoms with Crippen LogP contribution >= 0.6 is 23.4 Å². The van der Waals surface area contributed by atoms with Gasteiger partial charge in [0.2, 0.25) is 0 Å². The van der Waals surface area contributed by atoms with Crippen molar-refractivity contribution >= 4 is 23.4 Å². The molecule has 1 aromatic heterocycles. The number of nitrogens with two attached hydrogens (primary N) is 1. The van der Waals surface area contributed by atoms with E-state index in [2.05, 4.69) is 48.6 Å². The van der Waals surface area contributed by atoms with Crippen LogP contribution < -0.4 is 11.3 Å². The standard InChI is InChI=1S/C15H19ClN4S/c1-9(2)20-15(12(16)7-18-20)14(19-17)11-8-21-13-6-4-3-5-10(11)13/h3-7,9,11,14,19H,8,17H2,1-2H3. The summed E-state index contributed by atoms with van der Waals surface area (Å²) in [6, 6.07) is 8.69. The van der Waals surface area contributed by atoms with Gasteiger partial charge in [0, 0.05) is 22.6 Å². The molecule has 0 amide bonds. The van der Waals surface area contributed by atoms with Gasteiger partial charge in [-0.3, -0.25) is 16.0 Å². The summed E-state index contributed by atoms with van der Waals surface area (Å²) in [7, 11) is 0. The predicted molar refractivity (Wildman–Crippen MR) is 87.6 cm³/mol. The van der Waals surface area contributed by atoms with Gasteiger partial charge >= 0.3 is 0 Å². The lowest BCUT2D eigenvalue weighted by Gasteiger charge is -2.25. The van der Waals surface area contributed by atoms with Crippen LogP contribution in [-0.4, -0.2) is 15.5 Å². The van der Waals surface area contributed by atoms with Gasteiger partial charge in [-0.15, -0.1) is 11.8 Å². The second-order valence-electron chi connectivity index (χ2n) is 5.52. The first-order chi connectivity index (χ1) is 10.1. The monoisotopic (exact) mass is 322 g/mol. The SMILES string of the molecule is CC(C)n1ncc(Cl)c1C(NN)C1CSc2ccccc21. The Morgan fingerprint density at radius 3 is 2.90 bits per heavy atom. The van der Waals surface area contributed by atoms with E-state index in [1.165, 1.54) is 10.5 Å². The van der Waals surface area contributed by atoms with Crippen molar-refractivity contribution in [2.45, 2.75) is 36.7 Å². The van der Waals surface area contributed by atoms with Crippen molar-refractivity contribution in [3.8, 4) is 0 Å². The summed E-state index contributed by atoms with van der Waals surface area (Å²) in [4.78, 5) is 1.33. The molecule has 2 heterocycles. The van der Waals surface area contributed by atoms with E-state index >= 15 is 0 Å². The third kappa shape index (κ3) is 2.59. The quantitative estimate of drug-likeness (QED) is 0.668. The molecular weight excluding hydrogens is 304 g/mol. The summed E-state index contributed by atoms with van der Waals surface area (Å²) in [6.07, 6.45) is 1.70. The molecule has 1 aromatic carbocycles. The number of aromatic nitrogens is 2. The molecule has 2 aromatic rings. The molecule has 1 aliphatic rings. The molecule has 2 unspecified atom stereocenters. The first-order valence-corrected chi connectivity index (χ1v) is 8.40. The highest BCUT2D eigenvalue weighted by Gasteiger charge is 2.34. The van der Waals surface area contributed by atoms with Crippen LogP contribution in [0.15, 0.2) is 35.4 Å². The Balaban J connectivity index is 2.03. The molecule has 2 atom stereocenters. The summed E-state index contributed by atoms with van der Waals surface area (Å²) in [5.41, 5.74) is 5.27. The summed E-state index contributed by atoms with van der Waals surface area (Å²) >= 11 is 8.25. The van der Waals surface area contributed by atoms with Crippen LogP contribution in [0, 0.1) is 0 Å². The van der Waals surface area contributed by atoms with Crippen molar-refractivity contribution < 1.29 is 0 Å². The first kappa shape index (κ1) is 14.9. The number of fused-ring (bicyclic) bond motifs is 1. The van der Waals surface area contributed by atoms with Gasteiger partial charge < -0.3 is 0 Å². The number of nitrogens with zero attached hydrogens (tertiary/aromatic N) is 2. The lowest BCUT2D eigenvalue weighted by molar-refractivity contribution is 0.417. The number of thioether (sulfide) groups is 1. The van der Waals surface area contributed by atoms with Gasteiger partial charge in [0.1, 0.15) is 0 Å². The van der Waals surface area contributed by atoms with E-state index in [4.69, 9.17) is 17.4 Å². The number of nitrogens with one attached hydrogen (secondary N) is 1. The smallest absolute Gasteiger partial charge is 0.0835 e. The summed E-state index contributed by atoms with van der Waals surface area (Å²) in [6.45, 7) is 4.19. The van der Waals surface area contributed by atoms with Crippen molar-refractivity contribution in [2.75, 3.05) is 5.75 Å². The molecule has 6 heteroatoms. The topological polar surface area (TPSA) is 55.9 Å². The fraction of sp³-hybridized carbons (Fsp3) is 0.400. The highest BCUT2D eigenvalue weighted by atomic mass is 35.5. The van der Waals surface area contributed by atoms with Crippen LogP contribution in [-0.2, 0) is 0 Å². The summed E-state index contributed by atoms with van der Waals surface area (Å²) in [5.74, 6) is 7.17. The molecule has 3 rings (SSSR count). The Kier molecular flexibility index (Phi) is 4.26. The number of benzene rings is 1. The van der Waals surface area contributed by atoms with Gasteiger partial charge in [-0.05, 0) is 25.5 Å². The van der Waals surface area contributed by atoms with E-state index < -0.39 is 0 Å². The van der Waals surface area contributed by atoms with Gasteiger partial charge in [-0.25, -0.2) is 0 Å². The molecule has 112 valence electrons. The van der Waals surface area contributed by atoms with Crippen LogP contribution in [0.3, 0.4) is 0 Å². The van der Waals surface area contributed by atoms with E-state index in [0.29, 0.717) is 10.9 Å². The molecule has 0 bridgehead atoms. The van der Waals surface area contributed by atoms with Gasteiger partial charge in [-0.2, -0.15) is 5.10 Å². The van der Waals surface area contributed by atoms with Crippen molar-refractivity contribution in [1.82, 2.24) is 15.2 Å². The van der Waals surface area contributed by atoms with Gasteiger partial charge in [0.25, 0.3) is 0 Å². The predicted octanol–water partition coefficient (Wildman–Crippen LogP) is 3.51. The maximum atomic E-state index is 6.38. The van der Waals surface area contributed by atoms with Crippen LogP contribution in [0.5, 0.6) is 0 Å². The Morgan fingerprint density at radius 2 is 2.19 bits per heavy atom. The average Bonchev–Trinajstić information content (AvgIpc) is 3.06. The summed E-state index contributed by atoms with van der Waals surface area (Å²) in [5, 5.41) is 5.06. The maximum absolute atomic E-state index is 6.38. The van der Waals surface area contributed by atoms with Crippen LogP contribution in [0.2, 0.25) is 5.02 Å². The Hall–Kier alpha value is -1.01. The van der Waals surface area contributed by atoms with E-state index in [9.17, 15) is 0 Å². The van der Waals surface area contributed by atoms with E-state index in [1.807, 2.05) is 16.4 Å². The average molecular weight is 323 g/mol. The molecule has 0 saturated carbocycles. The van der Waals surface area contributed by atoms with Crippen LogP contribution in [0.25, 0.3) is 0 Å². The number of hydrogen-bond acceptors (Lipinski definition) is 4. The van der Waals surface area contributed by atoms with Gasteiger partial charge in [0.15, 0.2) is 0 Å². The summed E-state index contributed by atoms with van der Waals surface area (Å²) < 4.78 is 1.96. The lowest BCUT2D eigenvalue weighted by Crippen LogP contribution is -2.35. The zero-order chi connectivity index (χ0) is 15.0. The molecule has 21 heavy (non-hydrogen) atoms. The maximum Gasteiger partial charge on any atom is 0.0835 e. The molecule has 0 saturated heterocycles. The zero-order valence-electron chi connectivity index (χ0n) is 12.1. The number of hydrazine groups is 1.